The van der Waals surface area contributed by atoms with Crippen molar-refractivity contribution in [1.29, 1.82) is 0 Å². The highest BCUT2D eigenvalue weighted by atomic mass is 19.4. The number of carbonyl (C=O) groups excluding carboxylic acids is 2. The number of hydrogen-bond acceptors (Lipinski definition) is 5. The molecule has 0 aliphatic carbocycles. The minimum atomic E-state index is -5.87. The Kier molecular flexibility index (Phi) is 6.57. The number of halogens is 5. The lowest BCUT2D eigenvalue weighted by Gasteiger charge is -2.20. The van der Waals surface area contributed by atoms with Gasteiger partial charge in [-0.1, -0.05) is 12.1 Å². The maximum atomic E-state index is 12.8. The molecule has 5 nitrogen and oxygen atoms in total. The number of benzene rings is 2. The highest BCUT2D eigenvalue weighted by Crippen LogP contribution is 2.37. The molecule has 0 bridgehead atoms. The molecule has 0 radical (unpaired) electrons. The Balaban J connectivity index is 2.01. The van der Waals surface area contributed by atoms with Crippen molar-refractivity contribution in [3.63, 3.8) is 0 Å². The van der Waals surface area contributed by atoms with Crippen molar-refractivity contribution in [3.8, 4) is 11.5 Å². The number of hydrogen-bond donors (Lipinski definition) is 0. The fourth-order valence-electron chi connectivity index (χ4n) is 1.91. The summed E-state index contributed by atoms with van der Waals surface area (Å²) >= 11 is 0. The van der Waals surface area contributed by atoms with Crippen LogP contribution >= 0.6 is 0 Å². The molecule has 0 saturated carbocycles. The van der Waals surface area contributed by atoms with E-state index < -0.39 is 30.0 Å². The van der Waals surface area contributed by atoms with E-state index in [2.05, 4.69) is 9.47 Å². The number of esters is 2. The first kappa shape index (κ1) is 21.9. The lowest BCUT2D eigenvalue weighted by molar-refractivity contribution is -0.360. The lowest BCUT2D eigenvalue weighted by Crippen LogP contribution is -2.41. The Labute approximate surface area is 161 Å². The Bertz CT molecular complexity index is 887. The van der Waals surface area contributed by atoms with Gasteiger partial charge in [0.25, 0.3) is 0 Å². The third kappa shape index (κ3) is 6.03. The second-order valence-electron chi connectivity index (χ2n) is 5.46. The predicted molar refractivity (Wildman–Crippen MR) is 90.5 cm³/mol. The summed E-state index contributed by atoms with van der Waals surface area (Å²) in [5.41, 5.74) is 0.532. The molecule has 0 atom stereocenters. The predicted octanol–water partition coefficient (Wildman–Crippen LogP) is 4.63. The highest BCUT2D eigenvalue weighted by Gasteiger charge is 2.61. The van der Waals surface area contributed by atoms with Gasteiger partial charge in [0.15, 0.2) is 0 Å². The zero-order chi connectivity index (χ0) is 21.7. The Hall–Kier alpha value is -3.43. The summed E-state index contributed by atoms with van der Waals surface area (Å²) in [6.07, 6.45) is -8.55. The molecule has 2 rings (SSSR count). The van der Waals surface area contributed by atoms with Crippen LogP contribution in [0.1, 0.15) is 15.9 Å². The monoisotopic (exact) mass is 416 g/mol. The van der Waals surface area contributed by atoms with E-state index >= 15 is 0 Å². The average Bonchev–Trinajstić information content (AvgIpc) is 2.66. The topological polar surface area (TPSA) is 61.8 Å². The first-order valence-corrected chi connectivity index (χ1v) is 7.84. The van der Waals surface area contributed by atoms with Crippen LogP contribution in [0.2, 0.25) is 0 Å². The van der Waals surface area contributed by atoms with Gasteiger partial charge >= 0.3 is 24.2 Å². The fourth-order valence-corrected chi connectivity index (χ4v) is 1.91. The number of rotatable bonds is 6. The van der Waals surface area contributed by atoms with Crippen molar-refractivity contribution in [2.75, 3.05) is 7.11 Å². The molecule has 0 aromatic heterocycles. The second kappa shape index (κ2) is 8.72. The summed E-state index contributed by atoms with van der Waals surface area (Å²) in [7, 11) is 1.23. The lowest BCUT2D eigenvalue weighted by atomic mass is 10.2. The molecule has 0 amide bonds. The SMILES string of the molecule is COC(=O)/C=C/c1ccc(OC(=O)c2ccc(OC(F)(F)C(F)(F)F)cc2)cc1. The van der Waals surface area contributed by atoms with Gasteiger partial charge < -0.3 is 14.2 Å². The van der Waals surface area contributed by atoms with Crippen molar-refractivity contribution in [2.45, 2.75) is 12.3 Å². The van der Waals surface area contributed by atoms with E-state index in [1.54, 1.807) is 12.1 Å². The zero-order valence-electron chi connectivity index (χ0n) is 14.7. The molecule has 2 aromatic carbocycles. The third-order valence-corrected chi connectivity index (χ3v) is 3.37. The normalized spacial score (nSPS) is 11.9. The number of methoxy groups -OCH3 is 1. The van der Waals surface area contributed by atoms with Crippen LogP contribution in [-0.4, -0.2) is 31.3 Å². The third-order valence-electron chi connectivity index (χ3n) is 3.37. The quantitative estimate of drug-likeness (QED) is 0.298. The average molecular weight is 416 g/mol. The molecule has 154 valence electrons. The molecule has 0 N–H and O–H groups in total. The molecule has 0 heterocycles. The largest absolute Gasteiger partial charge is 0.499 e. The molecule has 0 spiro atoms. The molecule has 0 fully saturated rings. The first-order valence-electron chi connectivity index (χ1n) is 7.84. The van der Waals surface area contributed by atoms with Gasteiger partial charge in [0.05, 0.1) is 12.7 Å². The van der Waals surface area contributed by atoms with Crippen molar-refractivity contribution in [2.24, 2.45) is 0 Å². The second-order valence-corrected chi connectivity index (χ2v) is 5.46. The van der Waals surface area contributed by atoms with Gasteiger partial charge in [-0.3, -0.25) is 0 Å². The molecule has 10 heteroatoms. The molecular weight excluding hydrogens is 403 g/mol. The Morgan fingerprint density at radius 2 is 1.41 bits per heavy atom. The van der Waals surface area contributed by atoms with E-state index in [4.69, 9.17) is 4.74 Å². The van der Waals surface area contributed by atoms with Crippen molar-refractivity contribution < 1.29 is 45.8 Å². The van der Waals surface area contributed by atoms with Crippen LogP contribution in [0.15, 0.2) is 54.6 Å². The molecule has 0 unspecified atom stereocenters. The summed E-state index contributed by atoms with van der Waals surface area (Å²) in [5.74, 6) is -2.03. The highest BCUT2D eigenvalue weighted by molar-refractivity contribution is 5.91. The Morgan fingerprint density at radius 1 is 0.862 bits per heavy atom. The van der Waals surface area contributed by atoms with E-state index in [1.807, 2.05) is 0 Å². The van der Waals surface area contributed by atoms with Crippen LogP contribution in [0.4, 0.5) is 22.0 Å². The van der Waals surface area contributed by atoms with Gasteiger partial charge in [0, 0.05) is 6.08 Å². The summed E-state index contributed by atoms with van der Waals surface area (Å²) in [5, 5.41) is 0. The van der Waals surface area contributed by atoms with E-state index in [9.17, 15) is 31.5 Å². The standard InChI is InChI=1S/C19H13F5O5/c1-27-16(25)11-4-12-2-7-14(8-3-12)28-17(26)13-5-9-15(10-6-13)29-19(23,24)18(20,21)22/h2-11H,1H3/b11-4+. The minimum absolute atomic E-state index is 0.0951. The van der Waals surface area contributed by atoms with Gasteiger partial charge in [-0.15, -0.1) is 0 Å². The molecule has 0 saturated heterocycles. The molecule has 29 heavy (non-hydrogen) atoms. The number of carbonyl (C=O) groups is 2. The fraction of sp³-hybridized carbons (Fsp3) is 0.158. The number of alkyl halides is 5. The molecule has 2 aromatic rings. The van der Waals surface area contributed by atoms with Gasteiger partial charge in [-0.2, -0.15) is 22.0 Å². The maximum Gasteiger partial charge on any atom is 0.499 e. The van der Waals surface area contributed by atoms with Gasteiger partial charge in [-0.25, -0.2) is 9.59 Å². The van der Waals surface area contributed by atoms with Crippen molar-refractivity contribution in [1.82, 2.24) is 0 Å². The van der Waals surface area contributed by atoms with Gasteiger partial charge in [0.1, 0.15) is 11.5 Å². The number of ether oxygens (including phenoxy) is 3. The first-order chi connectivity index (χ1) is 13.5. The summed E-state index contributed by atoms with van der Waals surface area (Å²) < 4.78 is 75.2. The molecule has 0 aliphatic heterocycles. The van der Waals surface area contributed by atoms with Crippen molar-refractivity contribution >= 4 is 18.0 Å². The van der Waals surface area contributed by atoms with Gasteiger partial charge in [-0.05, 0) is 48.0 Å². The van der Waals surface area contributed by atoms with Crippen molar-refractivity contribution in [3.05, 3.63) is 65.7 Å². The smallest absolute Gasteiger partial charge is 0.466 e. The molecular formula is C19H13F5O5. The van der Waals surface area contributed by atoms with E-state index in [-0.39, 0.29) is 11.3 Å². The van der Waals surface area contributed by atoms with Crippen LogP contribution in [-0.2, 0) is 9.53 Å². The molecule has 0 aliphatic rings. The van der Waals surface area contributed by atoms with Crippen LogP contribution in [0.5, 0.6) is 11.5 Å². The summed E-state index contributed by atoms with van der Waals surface area (Å²) in [4.78, 5) is 23.1. The summed E-state index contributed by atoms with van der Waals surface area (Å²) in [6.45, 7) is 0. The van der Waals surface area contributed by atoms with E-state index in [0.29, 0.717) is 5.56 Å². The Morgan fingerprint density at radius 3 is 1.93 bits per heavy atom. The van der Waals surface area contributed by atoms with Crippen LogP contribution in [0, 0.1) is 0 Å². The van der Waals surface area contributed by atoms with Crippen LogP contribution < -0.4 is 9.47 Å². The van der Waals surface area contributed by atoms with Crippen LogP contribution in [0.3, 0.4) is 0 Å². The summed E-state index contributed by atoms with van der Waals surface area (Å²) in [6, 6.07) is 9.53. The van der Waals surface area contributed by atoms with E-state index in [0.717, 1.165) is 24.3 Å². The van der Waals surface area contributed by atoms with E-state index in [1.165, 1.54) is 31.4 Å². The van der Waals surface area contributed by atoms with Crippen LogP contribution in [0.25, 0.3) is 6.08 Å². The van der Waals surface area contributed by atoms with Gasteiger partial charge in [0.2, 0.25) is 0 Å². The minimum Gasteiger partial charge on any atom is -0.466 e. The maximum absolute atomic E-state index is 12.8. The zero-order valence-corrected chi connectivity index (χ0v) is 14.7.